The highest BCUT2D eigenvalue weighted by molar-refractivity contribution is 7.89. The minimum absolute atomic E-state index is 0.0979. The van der Waals surface area contributed by atoms with Gasteiger partial charge in [-0.2, -0.15) is 0 Å². The van der Waals surface area contributed by atoms with Crippen LogP contribution >= 0.6 is 0 Å². The maximum absolute atomic E-state index is 12.3. The number of hydrogen-bond donors (Lipinski definition) is 2. The predicted molar refractivity (Wildman–Crippen MR) is 83.0 cm³/mol. The molecule has 0 radical (unpaired) electrons. The second kappa shape index (κ2) is 6.34. The molecule has 0 aliphatic carbocycles. The molecule has 0 saturated carbocycles. The summed E-state index contributed by atoms with van der Waals surface area (Å²) < 4.78 is 32.4. The van der Waals surface area contributed by atoms with E-state index in [9.17, 15) is 8.42 Å². The number of methoxy groups -OCH3 is 1. The molecular weight excluding hydrogens is 288 g/mol. The van der Waals surface area contributed by atoms with Crippen molar-refractivity contribution in [2.45, 2.75) is 37.6 Å². The van der Waals surface area contributed by atoms with Gasteiger partial charge in [-0.25, -0.2) is 13.1 Å². The SMILES string of the molecule is COc1ccc(S(=O)(=O)NCC2NCCCC2(C)C)cc1. The number of ether oxygens (including phenoxy) is 1. The highest BCUT2D eigenvalue weighted by Crippen LogP contribution is 2.29. The smallest absolute Gasteiger partial charge is 0.240 e. The second-order valence-corrected chi connectivity index (χ2v) is 7.89. The molecule has 1 atom stereocenters. The Morgan fingerprint density at radius 2 is 2.00 bits per heavy atom. The molecule has 21 heavy (non-hydrogen) atoms. The number of benzene rings is 1. The summed E-state index contributed by atoms with van der Waals surface area (Å²) in [5.41, 5.74) is 0.0979. The van der Waals surface area contributed by atoms with Crippen molar-refractivity contribution in [3.05, 3.63) is 24.3 Å². The van der Waals surface area contributed by atoms with Gasteiger partial charge < -0.3 is 10.1 Å². The van der Waals surface area contributed by atoms with Crippen LogP contribution in [0.3, 0.4) is 0 Å². The lowest BCUT2D eigenvalue weighted by atomic mass is 9.78. The van der Waals surface area contributed by atoms with Crippen molar-refractivity contribution in [1.29, 1.82) is 0 Å². The van der Waals surface area contributed by atoms with Crippen LogP contribution in [0.1, 0.15) is 26.7 Å². The Balaban J connectivity index is 2.03. The second-order valence-electron chi connectivity index (χ2n) is 6.13. The van der Waals surface area contributed by atoms with E-state index in [1.165, 1.54) is 0 Å². The number of nitrogens with one attached hydrogen (secondary N) is 2. The van der Waals surface area contributed by atoms with Crippen LogP contribution in [0.25, 0.3) is 0 Å². The maximum Gasteiger partial charge on any atom is 0.240 e. The van der Waals surface area contributed by atoms with Gasteiger partial charge in [-0.15, -0.1) is 0 Å². The Morgan fingerprint density at radius 1 is 1.33 bits per heavy atom. The van der Waals surface area contributed by atoms with Crippen molar-refractivity contribution in [3.63, 3.8) is 0 Å². The molecule has 0 amide bonds. The summed E-state index contributed by atoms with van der Waals surface area (Å²) in [4.78, 5) is 0.261. The number of sulfonamides is 1. The number of rotatable bonds is 5. The Bertz CT molecular complexity index is 567. The minimum atomic E-state index is -3.48. The average Bonchev–Trinajstić information content (AvgIpc) is 2.46. The number of piperidine rings is 1. The molecule has 1 aliphatic rings. The van der Waals surface area contributed by atoms with Crippen LogP contribution in [0.15, 0.2) is 29.2 Å². The van der Waals surface area contributed by atoms with Crippen molar-refractivity contribution in [1.82, 2.24) is 10.0 Å². The Kier molecular flexibility index (Phi) is 4.91. The molecule has 0 aromatic heterocycles. The van der Waals surface area contributed by atoms with Gasteiger partial charge in [-0.3, -0.25) is 0 Å². The molecule has 0 spiro atoms. The van der Waals surface area contributed by atoms with Gasteiger partial charge in [-0.05, 0) is 49.1 Å². The van der Waals surface area contributed by atoms with Crippen LogP contribution in [0.5, 0.6) is 5.75 Å². The molecule has 2 rings (SSSR count). The van der Waals surface area contributed by atoms with Gasteiger partial charge in [-0.1, -0.05) is 13.8 Å². The van der Waals surface area contributed by atoms with E-state index in [0.29, 0.717) is 12.3 Å². The third-order valence-electron chi connectivity index (χ3n) is 4.18. The Hall–Kier alpha value is -1.11. The molecule has 1 aromatic carbocycles. The van der Waals surface area contributed by atoms with Crippen LogP contribution in [0, 0.1) is 5.41 Å². The molecule has 1 saturated heterocycles. The van der Waals surface area contributed by atoms with Gasteiger partial charge in [0.25, 0.3) is 0 Å². The zero-order valence-corrected chi connectivity index (χ0v) is 13.7. The molecule has 5 nitrogen and oxygen atoms in total. The number of hydrogen-bond acceptors (Lipinski definition) is 4. The van der Waals surface area contributed by atoms with Crippen LogP contribution < -0.4 is 14.8 Å². The maximum atomic E-state index is 12.3. The van der Waals surface area contributed by atoms with Gasteiger partial charge in [0.05, 0.1) is 12.0 Å². The van der Waals surface area contributed by atoms with E-state index in [2.05, 4.69) is 23.9 Å². The van der Waals surface area contributed by atoms with E-state index in [4.69, 9.17) is 4.74 Å². The summed E-state index contributed by atoms with van der Waals surface area (Å²) in [6, 6.07) is 6.56. The van der Waals surface area contributed by atoms with Gasteiger partial charge in [0.15, 0.2) is 0 Å². The molecule has 6 heteroatoms. The first kappa shape index (κ1) is 16.3. The van der Waals surface area contributed by atoms with Crippen molar-refractivity contribution in [2.75, 3.05) is 20.2 Å². The third kappa shape index (κ3) is 3.96. The summed E-state index contributed by atoms with van der Waals surface area (Å²) in [5.74, 6) is 0.643. The van der Waals surface area contributed by atoms with Crippen LogP contribution in [-0.4, -0.2) is 34.7 Å². The van der Waals surface area contributed by atoms with Crippen molar-refractivity contribution < 1.29 is 13.2 Å². The molecule has 1 fully saturated rings. The van der Waals surface area contributed by atoms with E-state index >= 15 is 0 Å². The fourth-order valence-electron chi connectivity index (χ4n) is 2.65. The molecule has 2 N–H and O–H groups in total. The fourth-order valence-corrected chi connectivity index (χ4v) is 3.70. The molecule has 118 valence electrons. The van der Waals surface area contributed by atoms with Crippen molar-refractivity contribution in [2.24, 2.45) is 5.41 Å². The first-order chi connectivity index (χ1) is 9.85. The van der Waals surface area contributed by atoms with Gasteiger partial charge in [0.1, 0.15) is 5.75 Å². The predicted octanol–water partition coefficient (Wildman–Crippen LogP) is 1.75. The Labute approximate surface area is 127 Å². The molecule has 1 unspecified atom stereocenters. The highest BCUT2D eigenvalue weighted by atomic mass is 32.2. The van der Waals surface area contributed by atoms with Crippen molar-refractivity contribution in [3.8, 4) is 5.75 Å². The summed E-state index contributed by atoms with van der Waals surface area (Å²) in [5, 5.41) is 3.40. The quantitative estimate of drug-likeness (QED) is 0.869. The molecule has 0 bridgehead atoms. The van der Waals surface area contributed by atoms with E-state index < -0.39 is 10.0 Å². The van der Waals surface area contributed by atoms with E-state index in [-0.39, 0.29) is 16.4 Å². The summed E-state index contributed by atoms with van der Waals surface area (Å²) in [6.07, 6.45) is 2.24. The average molecular weight is 312 g/mol. The van der Waals surface area contributed by atoms with Gasteiger partial charge in [0, 0.05) is 12.6 Å². The van der Waals surface area contributed by atoms with E-state index in [1.807, 2.05) is 0 Å². The lowest BCUT2D eigenvalue weighted by molar-refractivity contribution is 0.181. The lowest BCUT2D eigenvalue weighted by Gasteiger charge is -2.39. The van der Waals surface area contributed by atoms with Crippen LogP contribution in [0.4, 0.5) is 0 Å². The normalized spacial score (nSPS) is 22.0. The van der Waals surface area contributed by atoms with E-state index in [1.54, 1.807) is 31.4 Å². The summed E-state index contributed by atoms with van der Waals surface area (Å²) in [6.45, 7) is 5.69. The zero-order valence-electron chi connectivity index (χ0n) is 12.8. The standard InChI is InChI=1S/C15H24N2O3S/c1-15(2)9-4-10-16-14(15)11-17-21(18,19)13-7-5-12(20-3)6-8-13/h5-8,14,16-17H,4,9-11H2,1-3H3. The third-order valence-corrected chi connectivity index (χ3v) is 5.62. The molecule has 1 heterocycles. The summed E-state index contributed by atoms with van der Waals surface area (Å²) in [7, 11) is -1.93. The minimum Gasteiger partial charge on any atom is -0.497 e. The molecule has 1 aliphatic heterocycles. The molecular formula is C15H24N2O3S. The highest BCUT2D eigenvalue weighted by Gasteiger charge is 2.32. The zero-order chi connectivity index (χ0) is 15.5. The Morgan fingerprint density at radius 3 is 2.57 bits per heavy atom. The van der Waals surface area contributed by atoms with Crippen LogP contribution in [-0.2, 0) is 10.0 Å². The summed E-state index contributed by atoms with van der Waals surface area (Å²) >= 11 is 0. The first-order valence-electron chi connectivity index (χ1n) is 7.22. The first-order valence-corrected chi connectivity index (χ1v) is 8.70. The van der Waals surface area contributed by atoms with Crippen molar-refractivity contribution >= 4 is 10.0 Å². The van der Waals surface area contributed by atoms with E-state index in [0.717, 1.165) is 19.4 Å². The molecule has 1 aromatic rings. The van der Waals surface area contributed by atoms with Crippen LogP contribution in [0.2, 0.25) is 0 Å². The topological polar surface area (TPSA) is 67.4 Å². The van der Waals surface area contributed by atoms with Gasteiger partial charge >= 0.3 is 0 Å². The monoisotopic (exact) mass is 312 g/mol. The fraction of sp³-hybridized carbons (Fsp3) is 0.600. The van der Waals surface area contributed by atoms with Gasteiger partial charge in [0.2, 0.25) is 10.0 Å². The lowest BCUT2D eigenvalue weighted by Crippen LogP contribution is -2.52. The largest absolute Gasteiger partial charge is 0.497 e.